The van der Waals surface area contributed by atoms with Gasteiger partial charge in [0.25, 0.3) is 0 Å². The number of hydrogen-bond donors (Lipinski definition) is 0. The normalized spacial score (nSPS) is 22.1. The monoisotopic (exact) mass is 315 g/mol. The molecule has 0 radical (unpaired) electrons. The third kappa shape index (κ3) is 2.92. The summed E-state index contributed by atoms with van der Waals surface area (Å²) in [5.74, 6) is 1.72. The number of fused-ring (bicyclic) bond motifs is 1. The second-order valence-corrected chi connectivity index (χ2v) is 6.83. The van der Waals surface area contributed by atoms with E-state index in [9.17, 15) is 4.79 Å². The second kappa shape index (κ2) is 6.07. The highest BCUT2D eigenvalue weighted by Gasteiger charge is 2.35. The Kier molecular flexibility index (Phi) is 3.93. The van der Waals surface area contributed by atoms with Crippen molar-refractivity contribution in [2.75, 3.05) is 44.2 Å². The van der Waals surface area contributed by atoms with Crippen LogP contribution in [-0.4, -0.2) is 64.9 Å². The van der Waals surface area contributed by atoms with Crippen molar-refractivity contribution in [3.05, 3.63) is 17.6 Å². The standard InChI is InChI=1S/C17H25N5O/c1-2-20-7-9-21(10-8-20)16-14-5-6-22(17(23)13-3-4-13)11-15(14)18-12-19-16/h12-13H,2-11H2,1H3. The maximum absolute atomic E-state index is 12.3. The fourth-order valence-corrected chi connectivity index (χ4v) is 3.66. The SMILES string of the molecule is CCN1CCN(c2ncnc3c2CCN(C(=O)C2CC2)C3)CC1. The quantitative estimate of drug-likeness (QED) is 0.830. The molecule has 1 aliphatic carbocycles. The molecule has 1 aromatic rings. The number of carbonyl (C=O) groups is 1. The zero-order valence-electron chi connectivity index (χ0n) is 13.9. The van der Waals surface area contributed by atoms with E-state index < -0.39 is 0 Å². The number of piperazine rings is 1. The van der Waals surface area contributed by atoms with E-state index in [1.165, 1.54) is 5.56 Å². The lowest BCUT2D eigenvalue weighted by Crippen LogP contribution is -2.47. The zero-order valence-corrected chi connectivity index (χ0v) is 13.9. The molecule has 6 nitrogen and oxygen atoms in total. The number of hydrogen-bond acceptors (Lipinski definition) is 5. The minimum atomic E-state index is 0.292. The number of likely N-dealkylation sites (N-methyl/N-ethyl adjacent to an activating group) is 1. The van der Waals surface area contributed by atoms with Gasteiger partial charge < -0.3 is 14.7 Å². The molecule has 23 heavy (non-hydrogen) atoms. The molecule has 4 rings (SSSR count). The van der Waals surface area contributed by atoms with E-state index in [0.29, 0.717) is 18.4 Å². The molecule has 0 atom stereocenters. The summed E-state index contributed by atoms with van der Waals surface area (Å²) in [6.07, 6.45) is 4.70. The highest BCUT2D eigenvalue weighted by Crippen LogP contribution is 2.33. The van der Waals surface area contributed by atoms with Gasteiger partial charge in [0.2, 0.25) is 5.91 Å². The van der Waals surface area contributed by atoms with E-state index in [1.807, 2.05) is 4.90 Å². The molecular weight excluding hydrogens is 290 g/mol. The Hall–Kier alpha value is -1.69. The molecule has 3 aliphatic rings. The van der Waals surface area contributed by atoms with Gasteiger partial charge in [-0.2, -0.15) is 0 Å². The van der Waals surface area contributed by atoms with Crippen LogP contribution in [0.5, 0.6) is 0 Å². The van der Waals surface area contributed by atoms with Crippen molar-refractivity contribution in [2.45, 2.75) is 32.7 Å². The first-order valence-electron chi connectivity index (χ1n) is 8.85. The van der Waals surface area contributed by atoms with Gasteiger partial charge in [-0.05, 0) is 25.8 Å². The minimum Gasteiger partial charge on any atom is -0.354 e. The number of anilines is 1. The molecule has 1 amide bonds. The molecule has 0 bridgehead atoms. The summed E-state index contributed by atoms with van der Waals surface area (Å²) in [4.78, 5) is 28.2. The molecule has 1 aromatic heterocycles. The first-order chi connectivity index (χ1) is 11.3. The van der Waals surface area contributed by atoms with Gasteiger partial charge in [0, 0.05) is 44.2 Å². The van der Waals surface area contributed by atoms with E-state index in [1.54, 1.807) is 6.33 Å². The van der Waals surface area contributed by atoms with E-state index in [2.05, 4.69) is 26.7 Å². The van der Waals surface area contributed by atoms with Crippen molar-refractivity contribution < 1.29 is 4.79 Å². The summed E-state index contributed by atoms with van der Waals surface area (Å²) in [5.41, 5.74) is 2.31. The fraction of sp³-hybridized carbons (Fsp3) is 0.706. The molecule has 0 spiro atoms. The van der Waals surface area contributed by atoms with E-state index in [0.717, 1.165) is 70.0 Å². The van der Waals surface area contributed by atoms with Crippen molar-refractivity contribution >= 4 is 11.7 Å². The van der Waals surface area contributed by atoms with Crippen LogP contribution in [0.1, 0.15) is 31.0 Å². The van der Waals surface area contributed by atoms with Gasteiger partial charge in [0.1, 0.15) is 12.1 Å². The number of carbonyl (C=O) groups excluding carboxylic acids is 1. The van der Waals surface area contributed by atoms with E-state index >= 15 is 0 Å². The molecule has 3 heterocycles. The van der Waals surface area contributed by atoms with Crippen molar-refractivity contribution in [1.82, 2.24) is 19.8 Å². The van der Waals surface area contributed by atoms with Crippen molar-refractivity contribution in [1.29, 1.82) is 0 Å². The van der Waals surface area contributed by atoms with Gasteiger partial charge in [-0.1, -0.05) is 6.92 Å². The second-order valence-electron chi connectivity index (χ2n) is 6.83. The van der Waals surface area contributed by atoms with Gasteiger partial charge in [-0.3, -0.25) is 4.79 Å². The Morgan fingerprint density at radius 1 is 1.17 bits per heavy atom. The van der Waals surface area contributed by atoms with Crippen LogP contribution in [0, 0.1) is 5.92 Å². The maximum Gasteiger partial charge on any atom is 0.226 e. The Labute approximate surface area is 137 Å². The molecule has 2 fully saturated rings. The number of aromatic nitrogens is 2. The lowest BCUT2D eigenvalue weighted by atomic mass is 10.0. The molecular formula is C17H25N5O. The van der Waals surface area contributed by atoms with Gasteiger partial charge in [-0.25, -0.2) is 9.97 Å². The zero-order chi connectivity index (χ0) is 15.8. The van der Waals surface area contributed by atoms with Crippen LogP contribution in [0.25, 0.3) is 0 Å². The smallest absolute Gasteiger partial charge is 0.226 e. The molecule has 6 heteroatoms. The molecule has 124 valence electrons. The van der Waals surface area contributed by atoms with Gasteiger partial charge >= 0.3 is 0 Å². The Bertz CT molecular complexity index is 593. The molecule has 0 N–H and O–H groups in total. The Morgan fingerprint density at radius 3 is 2.65 bits per heavy atom. The molecule has 2 aliphatic heterocycles. The fourth-order valence-electron chi connectivity index (χ4n) is 3.66. The topological polar surface area (TPSA) is 52.6 Å². The lowest BCUT2D eigenvalue weighted by molar-refractivity contribution is -0.133. The number of nitrogens with zero attached hydrogens (tertiary/aromatic N) is 5. The average Bonchev–Trinajstić information content (AvgIpc) is 3.45. The largest absolute Gasteiger partial charge is 0.354 e. The maximum atomic E-state index is 12.3. The molecule has 0 unspecified atom stereocenters. The number of rotatable bonds is 3. The summed E-state index contributed by atoms with van der Waals surface area (Å²) in [6, 6.07) is 0. The highest BCUT2D eigenvalue weighted by atomic mass is 16.2. The third-order valence-electron chi connectivity index (χ3n) is 5.34. The van der Waals surface area contributed by atoms with E-state index in [4.69, 9.17) is 0 Å². The van der Waals surface area contributed by atoms with Crippen LogP contribution < -0.4 is 4.90 Å². The predicted octanol–water partition coefficient (Wildman–Crippen LogP) is 0.913. The summed E-state index contributed by atoms with van der Waals surface area (Å²) >= 11 is 0. The molecule has 1 saturated carbocycles. The average molecular weight is 315 g/mol. The first kappa shape index (κ1) is 14.9. The van der Waals surface area contributed by atoms with Crippen molar-refractivity contribution in [3.63, 3.8) is 0 Å². The van der Waals surface area contributed by atoms with Crippen LogP contribution >= 0.6 is 0 Å². The first-order valence-corrected chi connectivity index (χ1v) is 8.85. The summed E-state index contributed by atoms with van der Waals surface area (Å²) < 4.78 is 0. The summed E-state index contributed by atoms with van der Waals surface area (Å²) in [5, 5.41) is 0. The van der Waals surface area contributed by atoms with Gasteiger partial charge in [-0.15, -0.1) is 0 Å². The molecule has 1 saturated heterocycles. The Balaban J connectivity index is 1.50. The number of amides is 1. The third-order valence-corrected chi connectivity index (χ3v) is 5.34. The van der Waals surface area contributed by atoms with Crippen LogP contribution in [0.15, 0.2) is 6.33 Å². The van der Waals surface area contributed by atoms with Crippen molar-refractivity contribution in [2.24, 2.45) is 5.92 Å². The molecule has 0 aromatic carbocycles. The van der Waals surface area contributed by atoms with Gasteiger partial charge in [0.05, 0.1) is 12.2 Å². The van der Waals surface area contributed by atoms with Crippen LogP contribution in [0.3, 0.4) is 0 Å². The van der Waals surface area contributed by atoms with Crippen molar-refractivity contribution in [3.8, 4) is 0 Å². The summed E-state index contributed by atoms with van der Waals surface area (Å²) in [7, 11) is 0. The van der Waals surface area contributed by atoms with Crippen LogP contribution in [0.2, 0.25) is 0 Å². The summed E-state index contributed by atoms with van der Waals surface area (Å²) in [6.45, 7) is 9.07. The Morgan fingerprint density at radius 2 is 1.96 bits per heavy atom. The highest BCUT2D eigenvalue weighted by molar-refractivity contribution is 5.81. The van der Waals surface area contributed by atoms with Gasteiger partial charge in [0.15, 0.2) is 0 Å². The lowest BCUT2D eigenvalue weighted by Gasteiger charge is -2.37. The predicted molar refractivity (Wildman–Crippen MR) is 88.2 cm³/mol. The van der Waals surface area contributed by atoms with E-state index in [-0.39, 0.29) is 0 Å². The van der Waals surface area contributed by atoms with Crippen LogP contribution in [-0.2, 0) is 17.8 Å². The van der Waals surface area contributed by atoms with Crippen LogP contribution in [0.4, 0.5) is 5.82 Å². The minimum absolute atomic E-state index is 0.292.